The van der Waals surface area contributed by atoms with Gasteiger partial charge in [-0.3, -0.25) is 4.79 Å². The molecule has 9 heteroatoms. The number of hydrogen-bond acceptors (Lipinski definition) is 6. The average Bonchev–Trinajstić information content (AvgIpc) is 3.86. The first-order chi connectivity index (χ1) is 19.8. The van der Waals surface area contributed by atoms with E-state index in [1.807, 2.05) is 13.8 Å². The van der Waals surface area contributed by atoms with Crippen molar-refractivity contribution in [1.29, 1.82) is 0 Å². The summed E-state index contributed by atoms with van der Waals surface area (Å²) in [5.74, 6) is 1.41. The maximum absolute atomic E-state index is 13.5. The molecule has 2 N–H and O–H groups in total. The fraction of sp³-hybridized carbons (Fsp3) is 0.697. The van der Waals surface area contributed by atoms with Gasteiger partial charge in [0.05, 0.1) is 22.4 Å². The van der Waals surface area contributed by atoms with E-state index in [1.54, 1.807) is 0 Å². The zero-order valence-corrected chi connectivity index (χ0v) is 27.5. The van der Waals surface area contributed by atoms with Crippen molar-refractivity contribution in [3.63, 3.8) is 0 Å². The van der Waals surface area contributed by atoms with Crippen LogP contribution in [-0.2, 0) is 27.3 Å². The van der Waals surface area contributed by atoms with E-state index in [2.05, 4.69) is 42.9 Å². The molecule has 6 rings (SSSR count). The quantitative estimate of drug-likeness (QED) is 0.331. The molecule has 3 aliphatic carbocycles. The van der Waals surface area contributed by atoms with E-state index in [-0.39, 0.29) is 28.5 Å². The van der Waals surface area contributed by atoms with Crippen molar-refractivity contribution in [3.05, 3.63) is 34.0 Å². The number of benzene rings is 1. The van der Waals surface area contributed by atoms with Crippen molar-refractivity contribution in [2.45, 2.75) is 127 Å². The minimum Gasteiger partial charge on any atom is -0.493 e. The Morgan fingerprint density at radius 1 is 1.05 bits per heavy atom. The molecule has 7 nitrogen and oxygen atoms in total. The molecule has 1 aliphatic heterocycles. The Hall–Kier alpha value is -1.97. The number of nitrogens with zero attached hydrogens (tertiary/aromatic N) is 1. The Balaban J connectivity index is 1.32. The van der Waals surface area contributed by atoms with Gasteiger partial charge >= 0.3 is 0 Å². The van der Waals surface area contributed by atoms with Crippen molar-refractivity contribution in [3.8, 4) is 16.2 Å². The zero-order chi connectivity index (χ0) is 29.9. The number of nitrogens with one attached hydrogen (secondary N) is 2. The van der Waals surface area contributed by atoms with Crippen LogP contribution in [0.15, 0.2) is 12.1 Å². The maximum atomic E-state index is 13.5. The Morgan fingerprint density at radius 2 is 1.76 bits per heavy atom. The maximum Gasteiger partial charge on any atom is 0.280 e. The summed E-state index contributed by atoms with van der Waals surface area (Å²) < 4.78 is 34.2. The Bertz CT molecular complexity index is 1440. The monoisotopic (exact) mass is 613 g/mol. The average molecular weight is 614 g/mol. The summed E-state index contributed by atoms with van der Waals surface area (Å²) in [7, 11) is -3.37. The van der Waals surface area contributed by atoms with E-state index in [1.165, 1.54) is 67.4 Å². The summed E-state index contributed by atoms with van der Waals surface area (Å²) >= 11 is 1.48. The number of carbonyl (C=O) groups is 1. The van der Waals surface area contributed by atoms with Crippen LogP contribution >= 0.6 is 11.3 Å². The van der Waals surface area contributed by atoms with Gasteiger partial charge in [-0.1, -0.05) is 52.9 Å². The number of sulfonamides is 1. The number of fused-ring (bicyclic) bond motifs is 2. The van der Waals surface area contributed by atoms with Crippen LogP contribution in [0.1, 0.15) is 125 Å². The van der Waals surface area contributed by atoms with E-state index in [0.29, 0.717) is 23.8 Å². The van der Waals surface area contributed by atoms with E-state index in [4.69, 9.17) is 9.72 Å². The molecule has 230 valence electrons. The first kappa shape index (κ1) is 30.1. The van der Waals surface area contributed by atoms with Gasteiger partial charge in [-0.2, -0.15) is 0 Å². The molecule has 3 saturated carbocycles. The summed E-state index contributed by atoms with van der Waals surface area (Å²) in [5, 5.41) is 3.14. The smallest absolute Gasteiger partial charge is 0.280 e. The number of rotatable bonds is 9. The van der Waals surface area contributed by atoms with Gasteiger partial charge in [0.25, 0.3) is 5.91 Å². The largest absolute Gasteiger partial charge is 0.493 e. The van der Waals surface area contributed by atoms with Crippen LogP contribution in [0.3, 0.4) is 0 Å². The highest BCUT2D eigenvalue weighted by Gasteiger charge is 2.49. The van der Waals surface area contributed by atoms with Gasteiger partial charge in [-0.05, 0) is 81.4 Å². The highest BCUT2D eigenvalue weighted by atomic mass is 32.2. The molecule has 0 radical (unpaired) electrons. The molecule has 1 amide bonds. The molecule has 0 bridgehead atoms. The molecular formula is C33H47N3O4S2. The number of hydrogen-bond donors (Lipinski definition) is 2. The second-order valence-corrected chi connectivity index (χ2v) is 17.9. The summed E-state index contributed by atoms with van der Waals surface area (Å²) in [6.07, 6.45) is 12.0. The topological polar surface area (TPSA) is 97.4 Å². The molecule has 0 atom stereocenters. The lowest BCUT2D eigenvalue weighted by Crippen LogP contribution is -2.52. The van der Waals surface area contributed by atoms with Gasteiger partial charge in [0.1, 0.15) is 5.75 Å². The third kappa shape index (κ3) is 6.29. The lowest BCUT2D eigenvalue weighted by atomic mass is 9.79. The van der Waals surface area contributed by atoms with Gasteiger partial charge in [-0.25, -0.2) is 18.1 Å². The number of thiazole rings is 1. The predicted octanol–water partition coefficient (Wildman–Crippen LogP) is 6.63. The second-order valence-electron chi connectivity index (χ2n) is 14.9. The Kier molecular flexibility index (Phi) is 7.79. The molecule has 1 aromatic carbocycles. The van der Waals surface area contributed by atoms with Crippen LogP contribution < -0.4 is 14.8 Å². The Morgan fingerprint density at radius 3 is 2.40 bits per heavy atom. The molecule has 42 heavy (non-hydrogen) atoms. The normalized spacial score (nSPS) is 20.7. The third-order valence-corrected chi connectivity index (χ3v) is 12.9. The zero-order valence-electron chi connectivity index (χ0n) is 25.9. The van der Waals surface area contributed by atoms with Crippen molar-refractivity contribution in [2.75, 3.05) is 13.2 Å². The predicted molar refractivity (Wildman–Crippen MR) is 169 cm³/mol. The van der Waals surface area contributed by atoms with Crippen molar-refractivity contribution in [2.24, 2.45) is 5.92 Å². The van der Waals surface area contributed by atoms with Crippen molar-refractivity contribution < 1.29 is 17.9 Å². The van der Waals surface area contributed by atoms with Crippen LogP contribution in [0.4, 0.5) is 0 Å². The summed E-state index contributed by atoms with van der Waals surface area (Å²) in [4.78, 5) is 19.6. The van der Waals surface area contributed by atoms with Gasteiger partial charge in [-0.15, -0.1) is 11.3 Å². The number of aromatic nitrogens is 1. The van der Waals surface area contributed by atoms with Crippen LogP contribution in [-0.4, -0.2) is 43.2 Å². The summed E-state index contributed by atoms with van der Waals surface area (Å²) in [5.41, 5.74) is 4.10. The molecule has 2 aromatic rings. The van der Waals surface area contributed by atoms with Gasteiger partial charge in [0, 0.05) is 28.6 Å². The van der Waals surface area contributed by atoms with E-state index >= 15 is 0 Å². The molecule has 1 aromatic heterocycles. The number of carbonyl (C=O) groups excluding carboxylic acids is 1. The molecule has 3 fully saturated rings. The summed E-state index contributed by atoms with van der Waals surface area (Å²) in [6.45, 7) is 11.3. The fourth-order valence-electron chi connectivity index (χ4n) is 6.76. The highest BCUT2D eigenvalue weighted by molar-refractivity contribution is 7.90. The minimum absolute atomic E-state index is 0.0820. The lowest BCUT2D eigenvalue weighted by molar-refractivity contribution is 0.0944. The first-order valence-electron chi connectivity index (χ1n) is 15.9. The molecule has 1 spiro atoms. The second kappa shape index (κ2) is 10.9. The fourth-order valence-corrected chi connectivity index (χ4v) is 9.52. The third-order valence-electron chi connectivity index (χ3n) is 9.58. The molecule has 0 saturated heterocycles. The molecule has 0 unspecified atom stereocenters. The lowest BCUT2D eigenvalue weighted by Gasteiger charge is -2.32. The van der Waals surface area contributed by atoms with Crippen LogP contribution in [0.25, 0.3) is 10.4 Å². The Labute approximate surface area is 255 Å². The highest BCUT2D eigenvalue weighted by Crippen LogP contribution is 2.58. The van der Waals surface area contributed by atoms with Crippen LogP contribution in [0.5, 0.6) is 5.75 Å². The van der Waals surface area contributed by atoms with E-state index < -0.39 is 15.6 Å². The van der Waals surface area contributed by atoms with Gasteiger partial charge in [0.2, 0.25) is 10.0 Å². The van der Waals surface area contributed by atoms with Crippen LogP contribution in [0.2, 0.25) is 0 Å². The van der Waals surface area contributed by atoms with Gasteiger partial charge in [0.15, 0.2) is 5.01 Å². The van der Waals surface area contributed by atoms with Crippen LogP contribution in [0, 0.1) is 5.92 Å². The van der Waals surface area contributed by atoms with Crippen molar-refractivity contribution >= 4 is 27.3 Å². The van der Waals surface area contributed by atoms with E-state index in [9.17, 15) is 13.2 Å². The molecular weight excluding hydrogens is 567 g/mol. The SMILES string of the molecule is CC(C)(CNC(=O)c1nc(CC2CCCCC2)c(-c2cc(C(C)(C)C)c3c(c2)C2(CCO3)CC2)s1)NS(=O)(=O)C1CC1. The number of amides is 1. The van der Waals surface area contributed by atoms with Crippen molar-refractivity contribution in [1.82, 2.24) is 15.0 Å². The minimum atomic E-state index is -3.37. The van der Waals surface area contributed by atoms with Gasteiger partial charge < -0.3 is 10.1 Å². The molecule has 4 aliphatic rings. The number of ether oxygens (including phenoxy) is 1. The summed E-state index contributed by atoms with van der Waals surface area (Å²) in [6, 6.07) is 4.63. The first-order valence-corrected chi connectivity index (χ1v) is 18.3. The van der Waals surface area contributed by atoms with E-state index in [0.717, 1.165) is 41.3 Å². The molecule has 2 heterocycles. The standard InChI is InChI=1S/C33H47N3O4S2/c1-31(2,3)24-18-22(19-25-27(24)40-16-15-33(25)13-14-33)28-26(17-21-9-7-6-8-10-21)35-30(41-28)29(37)34-20-32(4,5)36-42(38,39)23-11-12-23/h18-19,21,23,36H,6-17,20H2,1-5H3,(H,34,37).